The minimum atomic E-state index is 0.00866. The Morgan fingerprint density at radius 2 is 2.09 bits per heavy atom. The number of phenolic OH excluding ortho intramolecular Hbond substituents is 2. The van der Waals surface area contributed by atoms with Gasteiger partial charge in [-0.2, -0.15) is 5.26 Å². The summed E-state index contributed by atoms with van der Waals surface area (Å²) in [5.41, 5.74) is 0. The zero-order chi connectivity index (χ0) is 8.27. The van der Waals surface area contributed by atoms with Crippen molar-refractivity contribution in [3.8, 4) is 16.9 Å². The van der Waals surface area contributed by atoms with Gasteiger partial charge in [-0.05, 0) is 30.0 Å². The lowest BCUT2D eigenvalue weighted by Gasteiger charge is -1.97. The summed E-state index contributed by atoms with van der Waals surface area (Å²) < 4.78 is 0. The molecule has 3 nitrogen and oxygen atoms in total. The molecule has 56 valence electrons. The maximum atomic E-state index is 9.08. The quantitative estimate of drug-likeness (QED) is 0.379. The van der Waals surface area contributed by atoms with Gasteiger partial charge < -0.3 is 10.2 Å². The molecule has 0 aliphatic rings. The first-order chi connectivity index (χ1) is 5.24. The number of phenols is 2. The summed E-state index contributed by atoms with van der Waals surface area (Å²) in [7, 11) is 0. The fourth-order valence-corrected chi connectivity index (χ4v) is 1.08. The first-order valence-corrected chi connectivity index (χ1v) is 3.63. The SMILES string of the molecule is N#CSc1cc(O)ccc1O. The molecule has 1 rings (SSSR count). The van der Waals surface area contributed by atoms with Crippen molar-refractivity contribution in [1.82, 2.24) is 0 Å². The zero-order valence-corrected chi connectivity index (χ0v) is 6.30. The third kappa shape index (κ3) is 1.79. The van der Waals surface area contributed by atoms with E-state index in [1.807, 2.05) is 0 Å². The lowest BCUT2D eigenvalue weighted by molar-refractivity contribution is 0.449. The van der Waals surface area contributed by atoms with Gasteiger partial charge in [-0.15, -0.1) is 0 Å². The Balaban J connectivity index is 3.05. The summed E-state index contributed by atoms with van der Waals surface area (Å²) >= 11 is 0.812. The molecule has 0 bridgehead atoms. The van der Waals surface area contributed by atoms with E-state index in [-0.39, 0.29) is 11.5 Å². The minimum Gasteiger partial charge on any atom is -0.508 e. The molecule has 0 aromatic heterocycles. The van der Waals surface area contributed by atoms with Crippen LogP contribution in [0.2, 0.25) is 0 Å². The molecule has 0 heterocycles. The maximum Gasteiger partial charge on any atom is 0.138 e. The largest absolute Gasteiger partial charge is 0.508 e. The van der Waals surface area contributed by atoms with E-state index in [0.717, 1.165) is 11.8 Å². The lowest BCUT2D eigenvalue weighted by Crippen LogP contribution is -1.71. The molecule has 11 heavy (non-hydrogen) atoms. The fraction of sp³-hybridized carbons (Fsp3) is 0. The van der Waals surface area contributed by atoms with Crippen molar-refractivity contribution in [3.05, 3.63) is 18.2 Å². The fourth-order valence-electron chi connectivity index (χ4n) is 0.634. The highest BCUT2D eigenvalue weighted by Gasteiger charge is 2.01. The van der Waals surface area contributed by atoms with E-state index in [2.05, 4.69) is 0 Å². The Labute approximate surface area is 67.9 Å². The van der Waals surface area contributed by atoms with Gasteiger partial charge in [-0.1, -0.05) is 0 Å². The standard InChI is InChI=1S/C7H5NO2S/c8-4-11-7-3-5(9)1-2-6(7)10/h1-3,9-10H. The summed E-state index contributed by atoms with van der Waals surface area (Å²) in [6.07, 6.45) is 0. The molecule has 1 aromatic carbocycles. The number of hydrogen-bond donors (Lipinski definition) is 2. The summed E-state index contributed by atoms with van der Waals surface area (Å²) in [5.74, 6) is 0.0508. The summed E-state index contributed by atoms with van der Waals surface area (Å²) in [6, 6.07) is 4.04. The third-order valence-corrected chi connectivity index (χ3v) is 1.74. The van der Waals surface area contributed by atoms with Crippen molar-refractivity contribution < 1.29 is 10.2 Å². The molecule has 0 unspecified atom stereocenters. The van der Waals surface area contributed by atoms with Crippen LogP contribution in [0, 0.1) is 10.7 Å². The van der Waals surface area contributed by atoms with Crippen LogP contribution < -0.4 is 0 Å². The maximum absolute atomic E-state index is 9.08. The first kappa shape index (κ1) is 7.76. The third-order valence-electron chi connectivity index (χ3n) is 1.10. The van der Waals surface area contributed by atoms with E-state index in [9.17, 15) is 0 Å². The topological polar surface area (TPSA) is 64.2 Å². The second kappa shape index (κ2) is 3.17. The number of thiocyanates is 1. The minimum absolute atomic E-state index is 0.00866. The van der Waals surface area contributed by atoms with Crippen molar-refractivity contribution in [2.75, 3.05) is 0 Å². The molecule has 4 heteroatoms. The molecule has 0 amide bonds. The summed E-state index contributed by atoms with van der Waals surface area (Å²) in [4.78, 5) is 0.368. The summed E-state index contributed by atoms with van der Waals surface area (Å²) in [6.45, 7) is 0. The van der Waals surface area contributed by atoms with Gasteiger partial charge in [-0.3, -0.25) is 0 Å². The molecule has 0 saturated carbocycles. The van der Waals surface area contributed by atoms with Crippen LogP contribution in [0.15, 0.2) is 23.1 Å². The molecule has 0 aliphatic carbocycles. The van der Waals surface area contributed by atoms with Gasteiger partial charge in [0.15, 0.2) is 0 Å². The number of benzene rings is 1. The van der Waals surface area contributed by atoms with Gasteiger partial charge in [0.05, 0.1) is 4.90 Å². The highest BCUT2D eigenvalue weighted by Crippen LogP contribution is 2.30. The molecule has 0 radical (unpaired) electrons. The lowest BCUT2D eigenvalue weighted by atomic mass is 10.3. The molecule has 1 aromatic rings. The Hall–Kier alpha value is -1.34. The second-order valence-electron chi connectivity index (χ2n) is 1.85. The van der Waals surface area contributed by atoms with E-state index < -0.39 is 0 Å². The van der Waals surface area contributed by atoms with Crippen LogP contribution >= 0.6 is 11.8 Å². The van der Waals surface area contributed by atoms with E-state index in [4.69, 9.17) is 15.5 Å². The number of thioether (sulfide) groups is 1. The highest BCUT2D eigenvalue weighted by atomic mass is 32.2. The second-order valence-corrected chi connectivity index (χ2v) is 2.67. The molecule has 0 atom stereocenters. The average Bonchev–Trinajstić information content (AvgIpc) is 1.98. The smallest absolute Gasteiger partial charge is 0.138 e. The van der Waals surface area contributed by atoms with Crippen molar-refractivity contribution in [2.24, 2.45) is 0 Å². The molecule has 0 fully saturated rings. The van der Waals surface area contributed by atoms with Crippen LogP contribution in [0.5, 0.6) is 11.5 Å². The van der Waals surface area contributed by atoms with Crippen molar-refractivity contribution in [1.29, 1.82) is 5.26 Å². The van der Waals surface area contributed by atoms with Gasteiger partial charge in [0.1, 0.15) is 16.9 Å². The molecular weight excluding hydrogens is 162 g/mol. The van der Waals surface area contributed by atoms with E-state index in [0.29, 0.717) is 4.90 Å². The Bertz CT molecular complexity index is 306. The van der Waals surface area contributed by atoms with Crippen LogP contribution in [0.3, 0.4) is 0 Å². The van der Waals surface area contributed by atoms with Gasteiger partial charge in [0, 0.05) is 0 Å². The van der Waals surface area contributed by atoms with Crippen molar-refractivity contribution >= 4 is 11.8 Å². The molecule has 0 aliphatic heterocycles. The first-order valence-electron chi connectivity index (χ1n) is 2.82. The predicted molar refractivity (Wildman–Crippen MR) is 41.2 cm³/mol. The van der Waals surface area contributed by atoms with Crippen LogP contribution in [-0.4, -0.2) is 10.2 Å². The number of hydrogen-bond acceptors (Lipinski definition) is 4. The Kier molecular flexibility index (Phi) is 2.24. The van der Waals surface area contributed by atoms with Crippen LogP contribution in [-0.2, 0) is 0 Å². The molecule has 2 N–H and O–H groups in total. The normalized spacial score (nSPS) is 9.00. The Morgan fingerprint density at radius 1 is 1.36 bits per heavy atom. The van der Waals surface area contributed by atoms with E-state index >= 15 is 0 Å². The van der Waals surface area contributed by atoms with Crippen LogP contribution in [0.25, 0.3) is 0 Å². The van der Waals surface area contributed by atoms with Gasteiger partial charge >= 0.3 is 0 Å². The van der Waals surface area contributed by atoms with E-state index in [1.165, 1.54) is 18.2 Å². The van der Waals surface area contributed by atoms with Crippen LogP contribution in [0.4, 0.5) is 0 Å². The molecule has 0 saturated heterocycles. The highest BCUT2D eigenvalue weighted by molar-refractivity contribution is 8.03. The van der Waals surface area contributed by atoms with E-state index in [1.54, 1.807) is 5.40 Å². The number of nitrogens with zero attached hydrogens (tertiary/aromatic N) is 1. The van der Waals surface area contributed by atoms with Gasteiger partial charge in [0.2, 0.25) is 0 Å². The molecular formula is C7H5NO2S. The van der Waals surface area contributed by atoms with Crippen molar-refractivity contribution in [2.45, 2.75) is 4.90 Å². The van der Waals surface area contributed by atoms with Crippen molar-refractivity contribution in [3.63, 3.8) is 0 Å². The van der Waals surface area contributed by atoms with Gasteiger partial charge in [-0.25, -0.2) is 0 Å². The molecule has 0 spiro atoms. The van der Waals surface area contributed by atoms with Crippen LogP contribution in [0.1, 0.15) is 0 Å². The number of nitriles is 1. The number of rotatable bonds is 1. The zero-order valence-electron chi connectivity index (χ0n) is 5.48. The van der Waals surface area contributed by atoms with Gasteiger partial charge in [0.25, 0.3) is 0 Å². The average molecular weight is 167 g/mol. The predicted octanol–water partition coefficient (Wildman–Crippen LogP) is 1.67. The Morgan fingerprint density at radius 3 is 2.73 bits per heavy atom. The number of aromatic hydroxyl groups is 2. The summed E-state index contributed by atoms with van der Waals surface area (Å²) in [5, 5.41) is 28.1. The monoisotopic (exact) mass is 167 g/mol.